The maximum Gasteiger partial charge on any atom is 0.334 e. The van der Waals surface area contributed by atoms with Crippen LogP contribution in [0.1, 0.15) is 48.0 Å². The second-order valence-electron chi connectivity index (χ2n) is 10.6. The molecule has 0 aliphatic heterocycles. The second-order valence-corrected chi connectivity index (χ2v) is 10.6. The molecule has 0 heterocycles. The van der Waals surface area contributed by atoms with E-state index in [2.05, 4.69) is 13.8 Å². The van der Waals surface area contributed by atoms with Crippen molar-refractivity contribution in [2.75, 3.05) is 6.61 Å². The summed E-state index contributed by atoms with van der Waals surface area (Å²) in [5.74, 6) is -1.13. The first-order valence-electron chi connectivity index (χ1n) is 11.2. The highest BCUT2D eigenvalue weighted by atomic mass is 16.6. The van der Waals surface area contributed by atoms with E-state index in [1.165, 1.54) is 0 Å². The average Bonchev–Trinajstić information content (AvgIpc) is 3.21. The van der Waals surface area contributed by atoms with Gasteiger partial charge in [0.05, 0.1) is 12.0 Å². The maximum atomic E-state index is 14.2. The lowest BCUT2D eigenvalue weighted by Crippen LogP contribution is -2.65. The fourth-order valence-electron chi connectivity index (χ4n) is 6.91. The molecular weight excluding hydrogens is 396 g/mol. The molecule has 2 bridgehead atoms. The molecule has 8 atom stereocenters. The van der Waals surface area contributed by atoms with E-state index in [0.29, 0.717) is 17.1 Å². The second kappa shape index (κ2) is 6.87. The summed E-state index contributed by atoms with van der Waals surface area (Å²) >= 11 is 0. The van der Waals surface area contributed by atoms with Crippen molar-refractivity contribution >= 4 is 11.8 Å². The molecule has 2 fully saturated rings. The van der Waals surface area contributed by atoms with Crippen molar-refractivity contribution in [2.24, 2.45) is 34.5 Å². The topological polar surface area (TPSA) is 104 Å². The molecule has 0 radical (unpaired) electrons. The lowest BCUT2D eigenvalue weighted by atomic mass is 9.59. The quantitative estimate of drug-likeness (QED) is 0.361. The number of carbonyl (C=O) groups excluding carboxylic acids is 2. The lowest BCUT2D eigenvalue weighted by molar-refractivity contribution is -0.201. The van der Waals surface area contributed by atoms with Crippen LogP contribution in [0.3, 0.4) is 0 Å². The Morgan fingerprint density at radius 2 is 2.00 bits per heavy atom. The van der Waals surface area contributed by atoms with Gasteiger partial charge in [-0.25, -0.2) is 4.79 Å². The predicted molar refractivity (Wildman–Crippen MR) is 115 cm³/mol. The predicted octanol–water partition coefficient (Wildman–Crippen LogP) is 2.33. The molecular formula is C25H34O6. The molecule has 6 nitrogen and oxygen atoms in total. The molecule has 4 aliphatic carbocycles. The Morgan fingerprint density at radius 1 is 1.35 bits per heavy atom. The molecule has 0 aromatic carbocycles. The van der Waals surface area contributed by atoms with Crippen LogP contribution >= 0.6 is 0 Å². The summed E-state index contributed by atoms with van der Waals surface area (Å²) in [6.45, 7) is 10.8. The summed E-state index contributed by atoms with van der Waals surface area (Å²) < 4.78 is 5.72. The number of esters is 1. The van der Waals surface area contributed by atoms with Crippen LogP contribution in [0.2, 0.25) is 0 Å². The third-order valence-electron chi connectivity index (χ3n) is 8.88. The maximum absolute atomic E-state index is 14.2. The molecule has 4 aliphatic rings. The van der Waals surface area contributed by atoms with Crippen molar-refractivity contribution in [3.8, 4) is 0 Å². The number of rotatable bonds is 3. The van der Waals surface area contributed by atoms with Crippen LogP contribution in [0.25, 0.3) is 0 Å². The number of aliphatic hydroxyl groups excluding tert-OH is 2. The van der Waals surface area contributed by atoms with Gasteiger partial charge in [0.2, 0.25) is 0 Å². The Morgan fingerprint density at radius 3 is 2.58 bits per heavy atom. The van der Waals surface area contributed by atoms with Crippen molar-refractivity contribution < 1.29 is 29.6 Å². The van der Waals surface area contributed by atoms with Gasteiger partial charge < -0.3 is 20.1 Å². The zero-order valence-electron chi connectivity index (χ0n) is 19.2. The highest BCUT2D eigenvalue weighted by Crippen LogP contribution is 2.71. The third kappa shape index (κ3) is 2.61. The average molecular weight is 431 g/mol. The van der Waals surface area contributed by atoms with Gasteiger partial charge in [0.1, 0.15) is 6.10 Å². The van der Waals surface area contributed by atoms with Crippen molar-refractivity contribution in [3.63, 3.8) is 0 Å². The van der Waals surface area contributed by atoms with Gasteiger partial charge in [-0.1, -0.05) is 39.0 Å². The molecule has 3 N–H and O–H groups in total. The summed E-state index contributed by atoms with van der Waals surface area (Å²) in [6.07, 6.45) is 3.04. The minimum absolute atomic E-state index is 0.0209. The molecule has 0 amide bonds. The molecule has 2 saturated carbocycles. The van der Waals surface area contributed by atoms with E-state index in [0.717, 1.165) is 6.42 Å². The Kier molecular flexibility index (Phi) is 4.97. The highest BCUT2D eigenvalue weighted by Gasteiger charge is 2.76. The number of ether oxygens (including phenoxy) is 1. The summed E-state index contributed by atoms with van der Waals surface area (Å²) in [6, 6.07) is 0. The SMILES string of the molecule is CC=C(C)C(=O)O[C@H]1C(C)=C[C@]23C(=O)[C@@H](C=C(CO)[C@@H](O)[C@]12O)[C@H]1C(C[C@H]3C)C1(C)C. The Labute approximate surface area is 183 Å². The van der Waals surface area contributed by atoms with E-state index < -0.39 is 41.7 Å². The van der Waals surface area contributed by atoms with Crippen LogP contribution in [-0.4, -0.2) is 51.5 Å². The Hall–Kier alpha value is -1.76. The molecule has 0 aromatic rings. The number of Topliss-reactive ketones (excluding diaryl/α,β-unsaturated/α-hetero) is 1. The largest absolute Gasteiger partial charge is 0.451 e. The minimum Gasteiger partial charge on any atom is -0.451 e. The fraction of sp³-hybridized carbons (Fsp3) is 0.680. The van der Waals surface area contributed by atoms with E-state index in [1.807, 2.05) is 6.92 Å². The van der Waals surface area contributed by atoms with Crippen molar-refractivity contribution in [1.29, 1.82) is 0 Å². The van der Waals surface area contributed by atoms with E-state index in [1.54, 1.807) is 39.0 Å². The highest BCUT2D eigenvalue weighted by molar-refractivity contribution is 5.96. The van der Waals surface area contributed by atoms with Gasteiger partial charge in [-0.2, -0.15) is 0 Å². The van der Waals surface area contributed by atoms with E-state index in [-0.39, 0.29) is 28.6 Å². The number of hydrogen-bond acceptors (Lipinski definition) is 6. The first-order chi connectivity index (χ1) is 14.4. The van der Waals surface area contributed by atoms with Gasteiger partial charge in [0.25, 0.3) is 0 Å². The van der Waals surface area contributed by atoms with Crippen LogP contribution in [0.15, 0.2) is 34.9 Å². The smallest absolute Gasteiger partial charge is 0.334 e. The standard InChI is InChI=1S/C25H34O6/c1-7-12(2)22(29)31-21-13(3)10-24-14(4)8-17-18(23(17,5)6)16(20(24)28)9-15(11-26)19(27)25(21,24)30/h7,9-10,14,16-19,21,26-27,30H,8,11H2,1-6H3/t14-,16+,17?,18+,19-,21+,24+,25+/m1/s1. The van der Waals surface area contributed by atoms with Gasteiger partial charge in [0.15, 0.2) is 17.5 Å². The molecule has 6 heteroatoms. The monoisotopic (exact) mass is 430 g/mol. The van der Waals surface area contributed by atoms with Crippen LogP contribution in [-0.2, 0) is 14.3 Å². The van der Waals surface area contributed by atoms with Crippen molar-refractivity contribution in [2.45, 2.75) is 65.8 Å². The third-order valence-corrected chi connectivity index (χ3v) is 8.88. The molecule has 0 saturated heterocycles. The first-order valence-corrected chi connectivity index (χ1v) is 11.2. The normalized spacial score (nSPS) is 45.6. The van der Waals surface area contributed by atoms with Crippen molar-refractivity contribution in [3.05, 3.63) is 34.9 Å². The summed E-state index contributed by atoms with van der Waals surface area (Å²) in [7, 11) is 0. The van der Waals surface area contributed by atoms with Gasteiger partial charge in [0, 0.05) is 11.5 Å². The fourth-order valence-corrected chi connectivity index (χ4v) is 6.91. The number of aliphatic hydroxyl groups is 3. The number of fused-ring (bicyclic) bond motifs is 3. The molecule has 0 aromatic heterocycles. The van der Waals surface area contributed by atoms with E-state index in [4.69, 9.17) is 4.74 Å². The zero-order valence-corrected chi connectivity index (χ0v) is 19.2. The van der Waals surface area contributed by atoms with Gasteiger partial charge in [-0.3, -0.25) is 4.79 Å². The molecule has 1 unspecified atom stereocenters. The minimum atomic E-state index is -2.08. The molecule has 4 rings (SSSR count). The number of hydrogen-bond donors (Lipinski definition) is 3. The number of carbonyl (C=O) groups is 2. The zero-order chi connectivity index (χ0) is 23.1. The van der Waals surface area contributed by atoms with E-state index in [9.17, 15) is 24.9 Å². The Balaban J connectivity index is 1.91. The molecule has 1 spiro atoms. The van der Waals surface area contributed by atoms with Crippen LogP contribution in [0.5, 0.6) is 0 Å². The van der Waals surface area contributed by atoms with Gasteiger partial charge in [-0.15, -0.1) is 0 Å². The van der Waals surface area contributed by atoms with Gasteiger partial charge in [-0.05, 0) is 61.5 Å². The summed E-state index contributed by atoms with van der Waals surface area (Å²) in [5.41, 5.74) is -2.36. The van der Waals surface area contributed by atoms with Crippen molar-refractivity contribution in [1.82, 2.24) is 0 Å². The van der Waals surface area contributed by atoms with Crippen LogP contribution < -0.4 is 0 Å². The first kappa shape index (κ1) is 22.4. The number of allylic oxidation sites excluding steroid dienone is 2. The summed E-state index contributed by atoms with van der Waals surface area (Å²) in [5, 5.41) is 33.7. The van der Waals surface area contributed by atoms with Crippen LogP contribution in [0, 0.1) is 34.5 Å². The molecule has 31 heavy (non-hydrogen) atoms. The number of ketones is 1. The Bertz CT molecular complexity index is 926. The van der Waals surface area contributed by atoms with Crippen LogP contribution in [0.4, 0.5) is 0 Å². The summed E-state index contributed by atoms with van der Waals surface area (Å²) in [4.78, 5) is 26.8. The lowest BCUT2D eigenvalue weighted by Gasteiger charge is -2.48. The molecule has 170 valence electrons. The van der Waals surface area contributed by atoms with Gasteiger partial charge >= 0.3 is 5.97 Å². The van der Waals surface area contributed by atoms with E-state index >= 15 is 0 Å².